The van der Waals surface area contributed by atoms with E-state index in [0.29, 0.717) is 6.61 Å². The molecule has 0 N–H and O–H groups in total. The van der Waals surface area contributed by atoms with Gasteiger partial charge in [0, 0.05) is 32.2 Å². The zero-order valence-electron chi connectivity index (χ0n) is 11.7. The largest absolute Gasteiger partial charge is 0.465 e. The summed E-state index contributed by atoms with van der Waals surface area (Å²) in [5, 5.41) is 0. The summed E-state index contributed by atoms with van der Waals surface area (Å²) in [5.41, 5.74) is 0. The second kappa shape index (κ2) is 6.53. The molecule has 1 aliphatic heterocycles. The third-order valence-electron chi connectivity index (χ3n) is 3.97. The molecule has 0 aromatic carbocycles. The van der Waals surface area contributed by atoms with Gasteiger partial charge >= 0.3 is 5.97 Å². The summed E-state index contributed by atoms with van der Waals surface area (Å²) >= 11 is 0. The highest BCUT2D eigenvalue weighted by molar-refractivity contribution is 5.75. The average Bonchev–Trinajstić information content (AvgIpc) is 3.21. The second-order valence-electron chi connectivity index (χ2n) is 5.36. The van der Waals surface area contributed by atoms with Crippen LogP contribution in [0, 0.1) is 0 Å². The van der Waals surface area contributed by atoms with Gasteiger partial charge in [0.2, 0.25) is 0 Å². The minimum absolute atomic E-state index is 0.0173. The van der Waals surface area contributed by atoms with Crippen molar-refractivity contribution in [1.29, 1.82) is 0 Å². The number of rotatable bonds is 6. The van der Waals surface area contributed by atoms with Gasteiger partial charge in [0.05, 0.1) is 6.61 Å². The minimum atomic E-state index is -0.0285. The molecule has 0 radical (unpaired) electrons. The third-order valence-corrected chi connectivity index (χ3v) is 3.97. The molecule has 0 spiro atoms. The standard InChI is InChI=1S/C14H26N2O2/c1-3-5-13(14(17)18-4-2)16-10-8-15(9-11-16)12-6-7-12/h12-13H,3-11H2,1-2H3. The van der Waals surface area contributed by atoms with Gasteiger partial charge in [0.25, 0.3) is 0 Å². The van der Waals surface area contributed by atoms with Crippen LogP contribution in [0.15, 0.2) is 0 Å². The molecule has 1 saturated heterocycles. The van der Waals surface area contributed by atoms with Crippen LogP contribution in [0.4, 0.5) is 0 Å². The molecular formula is C14H26N2O2. The number of hydrogen-bond acceptors (Lipinski definition) is 4. The molecule has 4 heteroatoms. The van der Waals surface area contributed by atoms with Crippen molar-refractivity contribution in [1.82, 2.24) is 9.80 Å². The van der Waals surface area contributed by atoms with Crippen LogP contribution in [0.1, 0.15) is 39.5 Å². The van der Waals surface area contributed by atoms with Crippen molar-refractivity contribution in [3.05, 3.63) is 0 Å². The molecule has 1 saturated carbocycles. The van der Waals surface area contributed by atoms with E-state index in [2.05, 4.69) is 16.7 Å². The number of nitrogens with zero attached hydrogens (tertiary/aromatic N) is 2. The summed E-state index contributed by atoms with van der Waals surface area (Å²) in [5.74, 6) is -0.0285. The van der Waals surface area contributed by atoms with Crippen molar-refractivity contribution in [3.8, 4) is 0 Å². The van der Waals surface area contributed by atoms with E-state index in [1.165, 1.54) is 12.8 Å². The molecule has 0 aromatic rings. The van der Waals surface area contributed by atoms with Crippen LogP contribution >= 0.6 is 0 Å². The molecule has 2 rings (SSSR count). The van der Waals surface area contributed by atoms with E-state index in [-0.39, 0.29) is 12.0 Å². The smallest absolute Gasteiger partial charge is 0.323 e. The first kappa shape index (κ1) is 13.8. The van der Waals surface area contributed by atoms with Crippen LogP contribution in [0.3, 0.4) is 0 Å². The van der Waals surface area contributed by atoms with Crippen molar-refractivity contribution in [2.75, 3.05) is 32.8 Å². The Hall–Kier alpha value is -0.610. The predicted octanol–water partition coefficient (Wildman–Crippen LogP) is 1.50. The van der Waals surface area contributed by atoms with E-state index < -0.39 is 0 Å². The lowest BCUT2D eigenvalue weighted by Crippen LogP contribution is -2.53. The topological polar surface area (TPSA) is 32.8 Å². The SMILES string of the molecule is CCCC(C(=O)OCC)N1CCN(C2CC2)CC1. The number of esters is 1. The van der Waals surface area contributed by atoms with Crippen molar-refractivity contribution in [3.63, 3.8) is 0 Å². The lowest BCUT2D eigenvalue weighted by Gasteiger charge is -2.38. The number of carbonyl (C=O) groups is 1. The maximum atomic E-state index is 12.0. The van der Waals surface area contributed by atoms with Crippen LogP contribution < -0.4 is 0 Å². The average molecular weight is 254 g/mol. The summed E-state index contributed by atoms with van der Waals surface area (Å²) in [4.78, 5) is 16.9. The lowest BCUT2D eigenvalue weighted by atomic mass is 10.1. The van der Waals surface area contributed by atoms with Gasteiger partial charge < -0.3 is 4.74 Å². The van der Waals surface area contributed by atoms with Gasteiger partial charge in [-0.25, -0.2) is 0 Å². The van der Waals surface area contributed by atoms with Gasteiger partial charge in [-0.05, 0) is 26.2 Å². The first-order valence-corrected chi connectivity index (χ1v) is 7.41. The Labute approximate surface area is 110 Å². The van der Waals surface area contributed by atoms with Gasteiger partial charge in [0.1, 0.15) is 6.04 Å². The molecule has 1 aliphatic carbocycles. The molecule has 0 bridgehead atoms. The maximum Gasteiger partial charge on any atom is 0.323 e. The lowest BCUT2D eigenvalue weighted by molar-refractivity contribution is -0.150. The van der Waals surface area contributed by atoms with Crippen molar-refractivity contribution in [2.45, 2.75) is 51.6 Å². The highest BCUT2D eigenvalue weighted by Gasteiger charge is 2.34. The summed E-state index contributed by atoms with van der Waals surface area (Å²) < 4.78 is 5.20. The maximum absolute atomic E-state index is 12.0. The summed E-state index contributed by atoms with van der Waals surface area (Å²) in [6.45, 7) is 8.76. The van der Waals surface area contributed by atoms with E-state index in [4.69, 9.17) is 4.74 Å². The fourth-order valence-electron chi connectivity index (χ4n) is 2.82. The third kappa shape index (κ3) is 3.45. The monoisotopic (exact) mass is 254 g/mol. The summed E-state index contributed by atoms with van der Waals surface area (Å²) in [6.07, 6.45) is 4.70. The molecular weight excluding hydrogens is 228 g/mol. The zero-order valence-corrected chi connectivity index (χ0v) is 11.7. The fourth-order valence-corrected chi connectivity index (χ4v) is 2.82. The Morgan fingerprint density at radius 2 is 1.89 bits per heavy atom. The van der Waals surface area contributed by atoms with Crippen LogP contribution in [-0.2, 0) is 9.53 Å². The van der Waals surface area contributed by atoms with Gasteiger partial charge in [-0.3, -0.25) is 14.6 Å². The van der Waals surface area contributed by atoms with E-state index in [1.54, 1.807) is 0 Å². The van der Waals surface area contributed by atoms with Gasteiger partial charge in [-0.15, -0.1) is 0 Å². The quantitative estimate of drug-likeness (QED) is 0.673. The summed E-state index contributed by atoms with van der Waals surface area (Å²) in [7, 11) is 0. The molecule has 0 amide bonds. The van der Waals surface area contributed by atoms with Gasteiger partial charge in [-0.1, -0.05) is 13.3 Å². The number of ether oxygens (including phenoxy) is 1. The highest BCUT2D eigenvalue weighted by Crippen LogP contribution is 2.28. The van der Waals surface area contributed by atoms with Gasteiger partial charge in [0.15, 0.2) is 0 Å². The molecule has 4 nitrogen and oxygen atoms in total. The van der Waals surface area contributed by atoms with Crippen molar-refractivity contribution < 1.29 is 9.53 Å². The molecule has 2 fully saturated rings. The van der Waals surface area contributed by atoms with Crippen LogP contribution in [0.2, 0.25) is 0 Å². The van der Waals surface area contributed by atoms with Crippen molar-refractivity contribution in [2.24, 2.45) is 0 Å². The Kier molecular flexibility index (Phi) is 5.01. The molecule has 1 unspecified atom stereocenters. The minimum Gasteiger partial charge on any atom is -0.465 e. The second-order valence-corrected chi connectivity index (χ2v) is 5.36. The van der Waals surface area contributed by atoms with Crippen molar-refractivity contribution >= 4 is 5.97 Å². The predicted molar refractivity (Wildman–Crippen MR) is 71.5 cm³/mol. The molecule has 0 aromatic heterocycles. The Morgan fingerprint density at radius 3 is 2.39 bits per heavy atom. The Morgan fingerprint density at radius 1 is 1.22 bits per heavy atom. The molecule has 2 aliphatic rings. The van der Waals surface area contributed by atoms with Crippen LogP contribution in [0.5, 0.6) is 0 Å². The number of hydrogen-bond donors (Lipinski definition) is 0. The van der Waals surface area contributed by atoms with E-state index in [0.717, 1.165) is 45.1 Å². The summed E-state index contributed by atoms with van der Waals surface area (Å²) in [6, 6.07) is 0.829. The van der Waals surface area contributed by atoms with Gasteiger partial charge in [-0.2, -0.15) is 0 Å². The van der Waals surface area contributed by atoms with E-state index in [9.17, 15) is 4.79 Å². The molecule has 18 heavy (non-hydrogen) atoms. The Balaban J connectivity index is 1.84. The first-order valence-electron chi connectivity index (χ1n) is 7.41. The first-order chi connectivity index (χ1) is 8.76. The van der Waals surface area contributed by atoms with Crippen LogP contribution in [0.25, 0.3) is 0 Å². The zero-order chi connectivity index (χ0) is 13.0. The molecule has 1 heterocycles. The molecule has 104 valence electrons. The Bertz CT molecular complexity index is 271. The number of piperazine rings is 1. The number of carbonyl (C=O) groups excluding carboxylic acids is 1. The van der Waals surface area contributed by atoms with Crippen LogP contribution in [-0.4, -0.2) is 60.6 Å². The normalized spacial score (nSPS) is 23.9. The van der Waals surface area contributed by atoms with E-state index in [1.807, 2.05) is 6.92 Å². The fraction of sp³-hybridized carbons (Fsp3) is 0.929. The highest BCUT2D eigenvalue weighted by atomic mass is 16.5. The molecule has 1 atom stereocenters. The van der Waals surface area contributed by atoms with E-state index >= 15 is 0 Å².